The maximum atomic E-state index is 12.6. The molecule has 4 nitrogen and oxygen atoms in total. The van der Waals surface area contributed by atoms with Crippen molar-refractivity contribution in [3.8, 4) is 0 Å². The van der Waals surface area contributed by atoms with Crippen LogP contribution in [0.15, 0.2) is 0 Å². The van der Waals surface area contributed by atoms with Crippen LogP contribution in [0.25, 0.3) is 0 Å². The second-order valence-corrected chi connectivity index (χ2v) is 8.80. The molecule has 0 saturated heterocycles. The van der Waals surface area contributed by atoms with E-state index in [-0.39, 0.29) is 17.4 Å². The van der Waals surface area contributed by atoms with Gasteiger partial charge in [0.15, 0.2) is 0 Å². The maximum Gasteiger partial charge on any atom is 0.307 e. The quantitative estimate of drug-likeness (QED) is 0.839. The average Bonchev–Trinajstić information content (AvgIpc) is 2.90. The first-order valence-electron chi connectivity index (χ1n) is 8.35. The average molecular weight is 291 g/mol. The monoisotopic (exact) mass is 291 g/mol. The first kappa shape index (κ1) is 13.6. The van der Waals surface area contributed by atoms with Crippen molar-refractivity contribution in [2.24, 2.45) is 35.0 Å². The Kier molecular flexibility index (Phi) is 2.60. The molecule has 0 aromatic rings. The van der Waals surface area contributed by atoms with Crippen LogP contribution in [0.3, 0.4) is 0 Å². The normalized spacial score (nSPS) is 49.0. The van der Waals surface area contributed by atoms with Gasteiger partial charge in [-0.2, -0.15) is 0 Å². The van der Waals surface area contributed by atoms with Crippen molar-refractivity contribution in [3.05, 3.63) is 0 Å². The predicted octanol–water partition coefficient (Wildman–Crippen LogP) is 2.43. The van der Waals surface area contributed by atoms with Crippen molar-refractivity contribution >= 4 is 11.9 Å². The van der Waals surface area contributed by atoms with Gasteiger partial charge in [0.25, 0.3) is 0 Å². The van der Waals surface area contributed by atoms with Crippen LogP contribution >= 0.6 is 0 Å². The van der Waals surface area contributed by atoms with E-state index in [1.54, 1.807) is 0 Å². The van der Waals surface area contributed by atoms with Gasteiger partial charge in [-0.15, -0.1) is 0 Å². The van der Waals surface area contributed by atoms with Crippen LogP contribution in [0.2, 0.25) is 0 Å². The molecule has 5 rings (SSSR count). The fourth-order valence-electron chi connectivity index (χ4n) is 6.19. The van der Waals surface area contributed by atoms with Gasteiger partial charge in [0.05, 0.1) is 11.8 Å². The third-order valence-corrected chi connectivity index (χ3v) is 6.80. The van der Waals surface area contributed by atoms with Crippen LogP contribution in [0, 0.1) is 35.0 Å². The second kappa shape index (κ2) is 4.02. The molecule has 0 aromatic carbocycles. The number of hydrogen-bond acceptors (Lipinski definition) is 2. The summed E-state index contributed by atoms with van der Waals surface area (Å²) in [5.41, 5.74) is -0.397. The molecule has 4 heteroatoms. The molecule has 4 bridgehead atoms. The van der Waals surface area contributed by atoms with Crippen molar-refractivity contribution in [2.75, 3.05) is 0 Å². The molecule has 5 aliphatic carbocycles. The summed E-state index contributed by atoms with van der Waals surface area (Å²) in [7, 11) is 0. The Balaban J connectivity index is 1.49. The van der Waals surface area contributed by atoms with Gasteiger partial charge in [0, 0.05) is 5.54 Å². The largest absolute Gasteiger partial charge is 0.481 e. The summed E-state index contributed by atoms with van der Waals surface area (Å²) >= 11 is 0. The summed E-state index contributed by atoms with van der Waals surface area (Å²) < 4.78 is 0. The molecule has 0 aliphatic heterocycles. The summed E-state index contributed by atoms with van der Waals surface area (Å²) in [5.74, 6) is 0.687. The Bertz CT molecular complexity index is 475. The maximum absolute atomic E-state index is 12.6. The lowest BCUT2D eigenvalue weighted by atomic mass is 9.53. The summed E-state index contributed by atoms with van der Waals surface area (Å²) in [5, 5.41) is 12.6. The Morgan fingerprint density at radius 3 is 1.81 bits per heavy atom. The molecule has 21 heavy (non-hydrogen) atoms. The van der Waals surface area contributed by atoms with Crippen LogP contribution in [0.5, 0.6) is 0 Å². The summed E-state index contributed by atoms with van der Waals surface area (Å²) in [4.78, 5) is 23.9. The molecule has 1 amide bonds. The van der Waals surface area contributed by atoms with Gasteiger partial charge in [-0.3, -0.25) is 9.59 Å². The van der Waals surface area contributed by atoms with Gasteiger partial charge in [-0.1, -0.05) is 13.8 Å². The summed E-state index contributed by atoms with van der Waals surface area (Å²) in [6, 6.07) is 0. The van der Waals surface area contributed by atoms with Crippen LogP contribution in [0.4, 0.5) is 0 Å². The van der Waals surface area contributed by atoms with Crippen molar-refractivity contribution in [1.29, 1.82) is 0 Å². The summed E-state index contributed by atoms with van der Waals surface area (Å²) in [6.45, 7) is 3.80. The summed E-state index contributed by atoms with van der Waals surface area (Å²) in [6.07, 6.45) is 7.41. The fourth-order valence-corrected chi connectivity index (χ4v) is 6.19. The van der Waals surface area contributed by atoms with Crippen LogP contribution in [-0.2, 0) is 9.59 Å². The third kappa shape index (κ3) is 1.94. The molecular weight excluding hydrogens is 266 g/mol. The second-order valence-electron chi connectivity index (χ2n) is 8.80. The van der Waals surface area contributed by atoms with E-state index < -0.39 is 17.3 Å². The van der Waals surface area contributed by atoms with E-state index in [0.29, 0.717) is 0 Å². The van der Waals surface area contributed by atoms with Crippen LogP contribution in [-0.4, -0.2) is 22.5 Å². The molecular formula is C17H25NO3. The van der Waals surface area contributed by atoms with Gasteiger partial charge in [-0.05, 0) is 61.7 Å². The van der Waals surface area contributed by atoms with E-state index in [1.165, 1.54) is 19.3 Å². The number of aliphatic carboxylic acids is 1. The van der Waals surface area contributed by atoms with Gasteiger partial charge < -0.3 is 10.4 Å². The lowest BCUT2D eigenvalue weighted by Crippen LogP contribution is -2.60. The number of carboxylic acids is 1. The number of amides is 1. The molecule has 0 spiro atoms. The SMILES string of the molecule is CC1(C)C(C(=O)O)C1C(=O)NC12CC3CC(CC(C3)C1)C2. The van der Waals surface area contributed by atoms with Crippen LogP contribution in [0.1, 0.15) is 52.4 Å². The topological polar surface area (TPSA) is 66.4 Å². The highest BCUT2D eigenvalue weighted by Crippen LogP contribution is 2.60. The highest BCUT2D eigenvalue weighted by atomic mass is 16.4. The molecule has 0 radical (unpaired) electrons. The molecule has 2 N–H and O–H groups in total. The number of carboxylic acid groups (broad SMARTS) is 1. The highest BCUT2D eigenvalue weighted by molar-refractivity contribution is 5.92. The fraction of sp³-hybridized carbons (Fsp3) is 0.882. The molecule has 116 valence electrons. The predicted molar refractivity (Wildman–Crippen MR) is 77.4 cm³/mol. The van der Waals surface area contributed by atoms with Gasteiger partial charge in [0.2, 0.25) is 5.91 Å². The Labute approximate surface area is 125 Å². The minimum atomic E-state index is -0.828. The lowest BCUT2D eigenvalue weighted by Gasteiger charge is -2.57. The molecule has 2 unspecified atom stereocenters. The van der Waals surface area contributed by atoms with Gasteiger partial charge in [-0.25, -0.2) is 0 Å². The minimum Gasteiger partial charge on any atom is -0.481 e. The van der Waals surface area contributed by atoms with E-state index in [9.17, 15) is 14.7 Å². The Hall–Kier alpha value is -1.06. The zero-order valence-corrected chi connectivity index (χ0v) is 12.9. The number of hydrogen-bond donors (Lipinski definition) is 2. The van der Waals surface area contributed by atoms with Gasteiger partial charge >= 0.3 is 5.97 Å². The van der Waals surface area contributed by atoms with Crippen molar-refractivity contribution in [3.63, 3.8) is 0 Å². The zero-order chi connectivity index (χ0) is 15.0. The van der Waals surface area contributed by atoms with E-state index in [1.807, 2.05) is 13.8 Å². The van der Waals surface area contributed by atoms with E-state index >= 15 is 0 Å². The number of rotatable bonds is 3. The van der Waals surface area contributed by atoms with Crippen molar-refractivity contribution in [2.45, 2.75) is 57.9 Å². The molecule has 0 aromatic heterocycles. The minimum absolute atomic E-state index is 0.00523. The number of carbonyl (C=O) groups excluding carboxylic acids is 1. The first-order chi connectivity index (χ1) is 9.81. The third-order valence-electron chi connectivity index (χ3n) is 6.80. The van der Waals surface area contributed by atoms with E-state index in [2.05, 4.69) is 5.32 Å². The van der Waals surface area contributed by atoms with Crippen molar-refractivity contribution < 1.29 is 14.7 Å². The molecule has 5 fully saturated rings. The number of nitrogens with one attached hydrogen (secondary N) is 1. The molecule has 2 atom stereocenters. The smallest absolute Gasteiger partial charge is 0.307 e. The lowest BCUT2D eigenvalue weighted by molar-refractivity contribution is -0.141. The van der Waals surface area contributed by atoms with Crippen LogP contribution < -0.4 is 5.32 Å². The van der Waals surface area contributed by atoms with Crippen molar-refractivity contribution in [1.82, 2.24) is 5.32 Å². The van der Waals surface area contributed by atoms with E-state index in [0.717, 1.165) is 37.0 Å². The molecule has 5 saturated carbocycles. The standard InChI is InChI=1S/C17H25NO3/c1-16(2)12(13(16)15(20)21)14(19)18-17-6-9-3-10(7-17)5-11(4-9)8-17/h9-13H,3-8H2,1-2H3,(H,18,19)(H,20,21). The Morgan fingerprint density at radius 2 is 1.43 bits per heavy atom. The highest BCUT2D eigenvalue weighted by Gasteiger charge is 2.66. The Morgan fingerprint density at radius 1 is 0.952 bits per heavy atom. The van der Waals surface area contributed by atoms with E-state index in [4.69, 9.17) is 0 Å². The molecule has 5 aliphatic rings. The molecule has 0 heterocycles. The number of carbonyl (C=O) groups is 2. The van der Waals surface area contributed by atoms with Gasteiger partial charge in [0.1, 0.15) is 0 Å². The first-order valence-corrected chi connectivity index (χ1v) is 8.35. The zero-order valence-electron chi connectivity index (χ0n) is 12.9.